The van der Waals surface area contributed by atoms with Crippen LogP contribution >= 0.6 is 0 Å². The molecule has 154 valence electrons. The third-order valence-corrected chi connectivity index (χ3v) is 5.33. The van der Waals surface area contributed by atoms with E-state index in [1.165, 1.54) is 6.07 Å². The zero-order valence-electron chi connectivity index (χ0n) is 16.7. The second-order valence-corrected chi connectivity index (χ2v) is 7.96. The van der Waals surface area contributed by atoms with Crippen molar-refractivity contribution in [3.63, 3.8) is 0 Å². The lowest BCUT2D eigenvalue weighted by Gasteiger charge is -2.37. The van der Waals surface area contributed by atoms with Gasteiger partial charge in [-0.05, 0) is 44.7 Å². The van der Waals surface area contributed by atoms with Gasteiger partial charge in [0.2, 0.25) is 0 Å². The summed E-state index contributed by atoms with van der Waals surface area (Å²) in [5, 5.41) is 14.5. The molecule has 8 nitrogen and oxygen atoms in total. The van der Waals surface area contributed by atoms with Gasteiger partial charge in [0.05, 0.1) is 18.1 Å². The molecule has 1 N–H and O–H groups in total. The minimum atomic E-state index is -0.382. The van der Waals surface area contributed by atoms with Crippen molar-refractivity contribution < 1.29 is 14.5 Å². The Morgan fingerprint density at radius 2 is 2.07 bits per heavy atom. The van der Waals surface area contributed by atoms with Crippen LogP contribution in [-0.4, -0.2) is 67.7 Å². The van der Waals surface area contributed by atoms with Gasteiger partial charge in [-0.25, -0.2) is 0 Å². The quantitative estimate of drug-likeness (QED) is 0.592. The average Bonchev–Trinajstić information content (AvgIpc) is 2.68. The zero-order chi connectivity index (χ0) is 20.1. The molecule has 0 saturated carbocycles. The molecule has 8 heteroatoms. The Kier molecular flexibility index (Phi) is 6.85. The Labute approximate surface area is 166 Å². The van der Waals surface area contributed by atoms with E-state index in [1.807, 2.05) is 13.8 Å². The van der Waals surface area contributed by atoms with Gasteiger partial charge in [0.1, 0.15) is 5.69 Å². The highest BCUT2D eigenvalue weighted by Crippen LogP contribution is 2.32. The molecule has 1 aromatic carbocycles. The molecule has 0 radical (unpaired) electrons. The monoisotopic (exact) mass is 390 g/mol. The van der Waals surface area contributed by atoms with Crippen molar-refractivity contribution in [3.05, 3.63) is 33.9 Å². The molecule has 1 unspecified atom stereocenters. The first-order valence-corrected chi connectivity index (χ1v) is 10.1. The number of hydrogen-bond donors (Lipinski definition) is 1. The highest BCUT2D eigenvalue weighted by atomic mass is 16.6. The van der Waals surface area contributed by atoms with E-state index in [0.717, 1.165) is 58.8 Å². The summed E-state index contributed by atoms with van der Waals surface area (Å²) in [6.07, 6.45) is 2.15. The first kappa shape index (κ1) is 20.5. The van der Waals surface area contributed by atoms with Crippen molar-refractivity contribution in [1.29, 1.82) is 0 Å². The Hall–Kier alpha value is -2.19. The highest BCUT2D eigenvalue weighted by molar-refractivity contribution is 5.96. The lowest BCUT2D eigenvalue weighted by Crippen LogP contribution is -2.44. The second kappa shape index (κ2) is 9.34. The summed E-state index contributed by atoms with van der Waals surface area (Å²) in [4.78, 5) is 28.1. The van der Waals surface area contributed by atoms with E-state index < -0.39 is 0 Å². The fraction of sp³-hybridized carbons (Fsp3) is 0.650. The average molecular weight is 390 g/mol. The number of carbonyl (C=O) groups is 1. The molecule has 1 aromatic rings. The summed E-state index contributed by atoms with van der Waals surface area (Å²) in [5.41, 5.74) is 0.937. The molecular formula is C20H30N4O4. The van der Waals surface area contributed by atoms with Gasteiger partial charge in [0.15, 0.2) is 0 Å². The number of rotatable bonds is 6. The van der Waals surface area contributed by atoms with E-state index >= 15 is 0 Å². The van der Waals surface area contributed by atoms with E-state index in [4.69, 9.17) is 4.74 Å². The minimum Gasteiger partial charge on any atom is -0.379 e. The largest absolute Gasteiger partial charge is 0.379 e. The molecule has 1 amide bonds. The SMILES string of the molecule is CC(C)NC(=O)c1ccc(N2CCCC(CN3CCOCC3)C2)c([N+](=O)[O-])c1. The number of nitro groups is 1. The molecule has 2 heterocycles. The Morgan fingerprint density at radius 3 is 2.75 bits per heavy atom. The summed E-state index contributed by atoms with van der Waals surface area (Å²) in [7, 11) is 0. The number of carbonyl (C=O) groups excluding carboxylic acids is 1. The van der Waals surface area contributed by atoms with Crippen molar-refractivity contribution >= 4 is 17.3 Å². The summed E-state index contributed by atoms with van der Waals surface area (Å²) < 4.78 is 5.42. The van der Waals surface area contributed by atoms with E-state index in [0.29, 0.717) is 17.2 Å². The zero-order valence-corrected chi connectivity index (χ0v) is 16.7. The number of anilines is 1. The van der Waals surface area contributed by atoms with Crippen LogP contribution in [0.2, 0.25) is 0 Å². The first-order chi connectivity index (χ1) is 13.4. The molecular weight excluding hydrogens is 360 g/mol. The number of nitrogens with one attached hydrogen (secondary N) is 1. The molecule has 28 heavy (non-hydrogen) atoms. The molecule has 3 rings (SSSR count). The number of morpholine rings is 1. The number of nitro benzene ring substituents is 1. The standard InChI is InChI=1S/C20H30N4O4/c1-15(2)21-20(25)17-5-6-18(19(12-17)24(26)27)23-7-3-4-16(14-23)13-22-8-10-28-11-9-22/h5-6,12,15-16H,3-4,7-11,13-14H2,1-2H3,(H,21,25). The maximum Gasteiger partial charge on any atom is 0.293 e. The van der Waals surface area contributed by atoms with Gasteiger partial charge in [0.25, 0.3) is 11.6 Å². The molecule has 0 spiro atoms. The number of hydrogen-bond acceptors (Lipinski definition) is 6. The topological polar surface area (TPSA) is 88.0 Å². The van der Waals surface area contributed by atoms with Crippen molar-refractivity contribution in [3.8, 4) is 0 Å². The van der Waals surface area contributed by atoms with E-state index in [2.05, 4.69) is 15.1 Å². The van der Waals surface area contributed by atoms with E-state index in [1.54, 1.807) is 12.1 Å². The lowest BCUT2D eigenvalue weighted by molar-refractivity contribution is -0.384. The summed E-state index contributed by atoms with van der Waals surface area (Å²) in [6, 6.07) is 4.80. The van der Waals surface area contributed by atoms with Crippen molar-refractivity contribution in [1.82, 2.24) is 10.2 Å². The third kappa shape index (κ3) is 5.20. The second-order valence-electron chi connectivity index (χ2n) is 7.96. The fourth-order valence-electron chi connectivity index (χ4n) is 4.01. The number of benzene rings is 1. The minimum absolute atomic E-state index is 0.00317. The molecule has 0 bridgehead atoms. The molecule has 0 aromatic heterocycles. The lowest BCUT2D eigenvalue weighted by atomic mass is 9.96. The van der Waals surface area contributed by atoms with Crippen LogP contribution in [0.5, 0.6) is 0 Å². The molecule has 1 atom stereocenters. The van der Waals surface area contributed by atoms with Crippen LogP contribution < -0.4 is 10.2 Å². The van der Waals surface area contributed by atoms with Crippen LogP contribution in [0.15, 0.2) is 18.2 Å². The van der Waals surface area contributed by atoms with Crippen molar-refractivity contribution in [2.24, 2.45) is 5.92 Å². The summed E-state index contributed by atoms with van der Waals surface area (Å²) in [5.74, 6) is 0.198. The smallest absolute Gasteiger partial charge is 0.293 e. The number of ether oxygens (including phenoxy) is 1. The Morgan fingerprint density at radius 1 is 1.32 bits per heavy atom. The van der Waals surface area contributed by atoms with Gasteiger partial charge in [-0.2, -0.15) is 0 Å². The number of amides is 1. The van der Waals surface area contributed by atoms with Crippen LogP contribution in [0.25, 0.3) is 0 Å². The predicted molar refractivity (Wildman–Crippen MR) is 108 cm³/mol. The van der Waals surface area contributed by atoms with Gasteiger partial charge in [-0.15, -0.1) is 0 Å². The maximum absolute atomic E-state index is 12.2. The highest BCUT2D eigenvalue weighted by Gasteiger charge is 2.28. The van der Waals surface area contributed by atoms with Gasteiger partial charge in [-0.3, -0.25) is 19.8 Å². The van der Waals surface area contributed by atoms with Crippen LogP contribution in [0.4, 0.5) is 11.4 Å². The summed E-state index contributed by atoms with van der Waals surface area (Å²) in [6.45, 7) is 9.80. The molecule has 2 aliphatic rings. The Bertz CT molecular complexity index is 703. The van der Waals surface area contributed by atoms with Crippen LogP contribution in [-0.2, 0) is 4.74 Å². The van der Waals surface area contributed by atoms with Crippen LogP contribution in [0.1, 0.15) is 37.0 Å². The molecule has 2 fully saturated rings. The van der Waals surface area contributed by atoms with Gasteiger partial charge >= 0.3 is 0 Å². The van der Waals surface area contributed by atoms with Crippen molar-refractivity contribution in [2.75, 3.05) is 50.8 Å². The third-order valence-electron chi connectivity index (χ3n) is 5.33. The Balaban J connectivity index is 1.73. The van der Waals surface area contributed by atoms with Gasteiger partial charge in [0, 0.05) is 50.4 Å². The van der Waals surface area contributed by atoms with Crippen LogP contribution in [0.3, 0.4) is 0 Å². The first-order valence-electron chi connectivity index (χ1n) is 10.1. The fourth-order valence-corrected chi connectivity index (χ4v) is 4.01. The predicted octanol–water partition coefficient (Wildman–Crippen LogP) is 2.28. The van der Waals surface area contributed by atoms with Crippen molar-refractivity contribution in [2.45, 2.75) is 32.7 Å². The normalized spacial score (nSPS) is 21.0. The molecule has 2 saturated heterocycles. The number of nitrogens with zero attached hydrogens (tertiary/aromatic N) is 3. The van der Waals surface area contributed by atoms with Gasteiger partial charge < -0.3 is 15.0 Å². The molecule has 2 aliphatic heterocycles. The van der Waals surface area contributed by atoms with E-state index in [9.17, 15) is 14.9 Å². The van der Waals surface area contributed by atoms with E-state index in [-0.39, 0.29) is 22.6 Å². The van der Waals surface area contributed by atoms with Crippen LogP contribution in [0, 0.1) is 16.0 Å². The number of piperidine rings is 1. The van der Waals surface area contributed by atoms with Gasteiger partial charge in [-0.1, -0.05) is 0 Å². The molecule has 0 aliphatic carbocycles. The maximum atomic E-state index is 12.2. The summed E-state index contributed by atoms with van der Waals surface area (Å²) >= 11 is 0.